The molecule has 1 aliphatic heterocycles. The molecule has 2 heterocycles. The highest BCUT2D eigenvalue weighted by Crippen LogP contribution is 2.27. The van der Waals surface area contributed by atoms with Crippen LogP contribution in [0.5, 0.6) is 0 Å². The van der Waals surface area contributed by atoms with Crippen molar-refractivity contribution in [3.8, 4) is 11.5 Å². The smallest absolute Gasteiger partial charge is 0.240 e. The second-order valence-electron chi connectivity index (χ2n) is 6.44. The molecule has 7 heteroatoms. The van der Waals surface area contributed by atoms with Gasteiger partial charge in [-0.05, 0) is 32.6 Å². The van der Waals surface area contributed by atoms with Gasteiger partial charge in [0.25, 0.3) is 0 Å². The van der Waals surface area contributed by atoms with Crippen LogP contribution >= 0.6 is 0 Å². The van der Waals surface area contributed by atoms with Crippen LogP contribution in [0.25, 0.3) is 11.5 Å². The average molecular weight is 349 g/mol. The van der Waals surface area contributed by atoms with Crippen LogP contribution in [-0.2, 0) is 17.8 Å². The predicted molar refractivity (Wildman–Crippen MR) is 88.7 cm³/mol. The first kappa shape index (κ1) is 17.5. The molecular weight excluding hydrogens is 328 g/mol. The third kappa shape index (κ3) is 3.56. The summed E-state index contributed by atoms with van der Waals surface area (Å²) in [6.07, 6.45) is 1.26. The standard InChI is InChI=1S/C18H21F2N3O2/c1-4-15(22(2)3)18(24)23-6-5-16-14(10-23)21-17(25-16)11-7-12(19)9-13(20)8-11/h7-9,15H,4-6,10H2,1-3H3. The maximum atomic E-state index is 13.4. The number of halogens is 2. The molecule has 1 amide bonds. The summed E-state index contributed by atoms with van der Waals surface area (Å²) >= 11 is 0. The molecule has 1 aromatic heterocycles. The maximum Gasteiger partial charge on any atom is 0.240 e. The molecule has 0 saturated carbocycles. The molecule has 5 nitrogen and oxygen atoms in total. The number of aromatic nitrogens is 1. The van der Waals surface area contributed by atoms with E-state index in [1.807, 2.05) is 25.9 Å². The molecule has 0 N–H and O–H groups in total. The summed E-state index contributed by atoms with van der Waals surface area (Å²) in [5.74, 6) is -0.460. The van der Waals surface area contributed by atoms with Gasteiger partial charge < -0.3 is 9.32 Å². The lowest BCUT2D eigenvalue weighted by Gasteiger charge is -2.31. The van der Waals surface area contributed by atoms with Crippen LogP contribution in [0.2, 0.25) is 0 Å². The Balaban J connectivity index is 1.83. The molecule has 1 unspecified atom stereocenters. The van der Waals surface area contributed by atoms with Crippen LogP contribution in [-0.4, -0.2) is 47.4 Å². The van der Waals surface area contributed by atoms with Crippen molar-refractivity contribution >= 4 is 5.91 Å². The summed E-state index contributed by atoms with van der Waals surface area (Å²) in [6.45, 7) is 2.87. The van der Waals surface area contributed by atoms with E-state index >= 15 is 0 Å². The number of likely N-dealkylation sites (N-methyl/N-ethyl adjacent to an activating group) is 1. The lowest BCUT2D eigenvalue weighted by Crippen LogP contribution is -2.47. The van der Waals surface area contributed by atoms with Gasteiger partial charge in [0.05, 0.1) is 12.6 Å². The Bertz CT molecular complexity index is 768. The maximum absolute atomic E-state index is 13.4. The molecule has 3 rings (SSSR count). The van der Waals surface area contributed by atoms with E-state index in [1.54, 1.807) is 4.90 Å². The Morgan fingerprint density at radius 1 is 1.32 bits per heavy atom. The van der Waals surface area contributed by atoms with Crippen molar-refractivity contribution in [2.24, 2.45) is 0 Å². The van der Waals surface area contributed by atoms with E-state index in [4.69, 9.17) is 4.42 Å². The zero-order valence-corrected chi connectivity index (χ0v) is 14.6. The van der Waals surface area contributed by atoms with Crippen molar-refractivity contribution < 1.29 is 18.0 Å². The molecule has 0 saturated heterocycles. The Labute approximate surface area is 145 Å². The summed E-state index contributed by atoms with van der Waals surface area (Å²) in [6, 6.07) is 2.99. The van der Waals surface area contributed by atoms with Gasteiger partial charge in [-0.3, -0.25) is 9.69 Å². The Hall–Kier alpha value is -2.28. The van der Waals surface area contributed by atoms with E-state index < -0.39 is 11.6 Å². The van der Waals surface area contributed by atoms with Gasteiger partial charge in [-0.2, -0.15) is 0 Å². The van der Waals surface area contributed by atoms with Gasteiger partial charge in [-0.15, -0.1) is 0 Å². The zero-order chi connectivity index (χ0) is 18.1. The van der Waals surface area contributed by atoms with E-state index in [0.717, 1.165) is 12.5 Å². The molecule has 0 radical (unpaired) electrons. The molecule has 0 bridgehead atoms. The van der Waals surface area contributed by atoms with Crippen LogP contribution in [0.3, 0.4) is 0 Å². The highest BCUT2D eigenvalue weighted by atomic mass is 19.1. The van der Waals surface area contributed by atoms with Gasteiger partial charge in [0.1, 0.15) is 23.1 Å². The number of fused-ring (bicyclic) bond motifs is 1. The Morgan fingerprint density at radius 2 is 2.00 bits per heavy atom. The van der Waals surface area contributed by atoms with Gasteiger partial charge in [-0.1, -0.05) is 6.92 Å². The van der Waals surface area contributed by atoms with E-state index in [1.165, 1.54) is 12.1 Å². The summed E-state index contributed by atoms with van der Waals surface area (Å²) in [5, 5.41) is 0. The van der Waals surface area contributed by atoms with Crippen LogP contribution < -0.4 is 0 Å². The first-order chi connectivity index (χ1) is 11.9. The molecule has 0 spiro atoms. The second kappa shape index (κ2) is 6.92. The fraction of sp³-hybridized carbons (Fsp3) is 0.444. The van der Waals surface area contributed by atoms with E-state index in [9.17, 15) is 13.6 Å². The highest BCUT2D eigenvalue weighted by molar-refractivity contribution is 5.82. The quantitative estimate of drug-likeness (QED) is 0.852. The minimum atomic E-state index is -0.681. The van der Waals surface area contributed by atoms with Crippen molar-refractivity contribution in [3.63, 3.8) is 0 Å². The molecule has 0 fully saturated rings. The van der Waals surface area contributed by atoms with E-state index in [2.05, 4.69) is 4.98 Å². The van der Waals surface area contributed by atoms with Gasteiger partial charge in [-0.25, -0.2) is 13.8 Å². The normalized spacial score (nSPS) is 15.4. The molecule has 1 atom stereocenters. The van der Waals surface area contributed by atoms with Gasteiger partial charge in [0.15, 0.2) is 0 Å². The highest BCUT2D eigenvalue weighted by Gasteiger charge is 2.30. The van der Waals surface area contributed by atoms with Crippen LogP contribution in [0.15, 0.2) is 22.6 Å². The largest absolute Gasteiger partial charge is 0.441 e. The number of carbonyl (C=O) groups is 1. The average Bonchev–Trinajstić information content (AvgIpc) is 2.97. The summed E-state index contributed by atoms with van der Waals surface area (Å²) in [4.78, 5) is 20.7. The SMILES string of the molecule is CCC(C(=O)N1CCc2oc(-c3cc(F)cc(F)c3)nc2C1)N(C)C. The summed E-state index contributed by atoms with van der Waals surface area (Å²) < 4.78 is 32.5. The first-order valence-corrected chi connectivity index (χ1v) is 8.29. The lowest BCUT2D eigenvalue weighted by molar-refractivity contribution is -0.137. The van der Waals surface area contributed by atoms with E-state index in [0.29, 0.717) is 31.0 Å². The monoisotopic (exact) mass is 349 g/mol. The van der Waals surface area contributed by atoms with Gasteiger partial charge >= 0.3 is 0 Å². The van der Waals surface area contributed by atoms with Crippen molar-refractivity contribution in [2.45, 2.75) is 32.4 Å². The Kier molecular flexibility index (Phi) is 4.85. The van der Waals surface area contributed by atoms with Gasteiger partial charge in [0, 0.05) is 24.6 Å². The molecule has 2 aromatic rings. The predicted octanol–water partition coefficient (Wildman–Crippen LogP) is 2.84. The van der Waals surface area contributed by atoms with E-state index in [-0.39, 0.29) is 23.4 Å². The molecular formula is C18H21F2N3O2. The van der Waals surface area contributed by atoms with Crippen LogP contribution in [0.1, 0.15) is 24.8 Å². The number of amides is 1. The number of hydrogen-bond donors (Lipinski definition) is 0. The number of carbonyl (C=O) groups excluding carboxylic acids is 1. The number of oxazole rings is 1. The minimum absolute atomic E-state index is 0.0551. The summed E-state index contributed by atoms with van der Waals surface area (Å²) in [5.41, 5.74) is 0.900. The Morgan fingerprint density at radius 3 is 2.60 bits per heavy atom. The molecule has 0 aliphatic carbocycles. The minimum Gasteiger partial charge on any atom is -0.441 e. The molecule has 1 aromatic carbocycles. The summed E-state index contributed by atoms with van der Waals surface area (Å²) in [7, 11) is 3.77. The number of benzene rings is 1. The number of nitrogens with zero attached hydrogens (tertiary/aromatic N) is 3. The third-order valence-corrected chi connectivity index (χ3v) is 4.44. The number of hydrogen-bond acceptors (Lipinski definition) is 4. The topological polar surface area (TPSA) is 49.6 Å². The number of rotatable bonds is 4. The van der Waals surface area contributed by atoms with Crippen LogP contribution in [0.4, 0.5) is 8.78 Å². The van der Waals surface area contributed by atoms with Crippen molar-refractivity contribution in [1.29, 1.82) is 0 Å². The molecule has 25 heavy (non-hydrogen) atoms. The second-order valence-corrected chi connectivity index (χ2v) is 6.44. The van der Waals surface area contributed by atoms with Crippen molar-refractivity contribution in [3.05, 3.63) is 41.3 Å². The lowest BCUT2D eigenvalue weighted by atomic mass is 10.1. The van der Waals surface area contributed by atoms with Crippen molar-refractivity contribution in [2.75, 3.05) is 20.6 Å². The fourth-order valence-electron chi connectivity index (χ4n) is 3.16. The van der Waals surface area contributed by atoms with Gasteiger partial charge in [0.2, 0.25) is 11.8 Å². The third-order valence-electron chi connectivity index (χ3n) is 4.44. The molecule has 1 aliphatic rings. The van der Waals surface area contributed by atoms with Crippen LogP contribution in [0, 0.1) is 11.6 Å². The zero-order valence-electron chi connectivity index (χ0n) is 14.6. The van der Waals surface area contributed by atoms with Crippen molar-refractivity contribution in [1.82, 2.24) is 14.8 Å². The molecule has 134 valence electrons. The fourth-order valence-corrected chi connectivity index (χ4v) is 3.16. The first-order valence-electron chi connectivity index (χ1n) is 8.29.